The van der Waals surface area contributed by atoms with Gasteiger partial charge in [0.05, 0.1) is 13.0 Å². The topological polar surface area (TPSA) is 72.8 Å². The molecular formula is C35H56O5. The first-order valence-corrected chi connectivity index (χ1v) is 15.5. The van der Waals surface area contributed by atoms with Gasteiger partial charge in [-0.05, 0) is 57.8 Å². The van der Waals surface area contributed by atoms with Gasteiger partial charge in [-0.2, -0.15) is 0 Å². The fourth-order valence-corrected chi connectivity index (χ4v) is 3.67. The van der Waals surface area contributed by atoms with Crippen LogP contribution in [-0.4, -0.2) is 36.4 Å². The Morgan fingerprint density at radius 2 is 1.15 bits per heavy atom. The third-order valence-electron chi connectivity index (χ3n) is 6.02. The van der Waals surface area contributed by atoms with E-state index in [1.54, 1.807) is 6.08 Å². The van der Waals surface area contributed by atoms with Gasteiger partial charge in [0.1, 0.15) is 6.61 Å². The molecule has 226 valence electrons. The molecule has 0 amide bonds. The van der Waals surface area contributed by atoms with Crippen LogP contribution in [-0.2, 0) is 19.1 Å². The maximum atomic E-state index is 12.0. The lowest BCUT2D eigenvalue weighted by Crippen LogP contribution is -2.28. The van der Waals surface area contributed by atoms with Gasteiger partial charge in [-0.1, -0.05) is 119 Å². The molecule has 0 aromatic heterocycles. The molecule has 5 heteroatoms. The van der Waals surface area contributed by atoms with Gasteiger partial charge in [0.15, 0.2) is 6.10 Å². The Morgan fingerprint density at radius 3 is 1.73 bits per heavy atom. The number of allylic oxidation sites excluding steroid dienone is 11. The van der Waals surface area contributed by atoms with E-state index in [-0.39, 0.29) is 25.6 Å². The number of hydrogen-bond acceptors (Lipinski definition) is 5. The van der Waals surface area contributed by atoms with Crippen molar-refractivity contribution in [2.24, 2.45) is 0 Å². The second-order valence-corrected chi connectivity index (χ2v) is 9.81. The van der Waals surface area contributed by atoms with Crippen molar-refractivity contribution in [1.29, 1.82) is 0 Å². The van der Waals surface area contributed by atoms with Gasteiger partial charge in [0.2, 0.25) is 0 Å². The summed E-state index contributed by atoms with van der Waals surface area (Å²) in [5, 5.41) is 9.46. The normalized spacial score (nSPS) is 13.2. The summed E-state index contributed by atoms with van der Waals surface area (Å²) in [4.78, 5) is 24.0. The number of rotatable bonds is 26. The van der Waals surface area contributed by atoms with Crippen LogP contribution in [0.3, 0.4) is 0 Å². The molecule has 0 saturated heterocycles. The monoisotopic (exact) mass is 556 g/mol. The Kier molecular flexibility index (Phi) is 28.8. The molecule has 0 aromatic rings. The van der Waals surface area contributed by atoms with Crippen molar-refractivity contribution in [2.45, 2.75) is 123 Å². The van der Waals surface area contributed by atoms with Crippen molar-refractivity contribution in [3.63, 3.8) is 0 Å². The molecule has 0 saturated carbocycles. The van der Waals surface area contributed by atoms with Crippen LogP contribution in [0.5, 0.6) is 0 Å². The maximum absolute atomic E-state index is 12.0. The van der Waals surface area contributed by atoms with E-state index in [0.717, 1.165) is 57.8 Å². The lowest BCUT2D eigenvalue weighted by molar-refractivity contribution is -0.160. The van der Waals surface area contributed by atoms with Gasteiger partial charge in [-0.3, -0.25) is 9.59 Å². The van der Waals surface area contributed by atoms with E-state index < -0.39 is 12.1 Å². The van der Waals surface area contributed by atoms with Crippen LogP contribution in [0.4, 0.5) is 0 Å². The number of unbranched alkanes of at least 4 members (excludes halogenated alkanes) is 7. The fraction of sp³-hybridized carbons (Fsp3) is 0.600. The third kappa shape index (κ3) is 28.4. The van der Waals surface area contributed by atoms with Crippen LogP contribution >= 0.6 is 0 Å². The smallest absolute Gasteiger partial charge is 0.310 e. The molecule has 0 aliphatic heterocycles. The van der Waals surface area contributed by atoms with E-state index in [1.165, 1.54) is 32.1 Å². The number of carbonyl (C=O) groups is 2. The van der Waals surface area contributed by atoms with Gasteiger partial charge in [-0.15, -0.1) is 0 Å². The summed E-state index contributed by atoms with van der Waals surface area (Å²) < 4.78 is 10.4. The highest BCUT2D eigenvalue weighted by Gasteiger charge is 2.15. The van der Waals surface area contributed by atoms with Gasteiger partial charge in [0, 0.05) is 6.42 Å². The van der Waals surface area contributed by atoms with Crippen LogP contribution in [0.15, 0.2) is 72.9 Å². The van der Waals surface area contributed by atoms with E-state index >= 15 is 0 Å². The first-order chi connectivity index (χ1) is 19.6. The Balaban J connectivity index is 3.81. The third-order valence-corrected chi connectivity index (χ3v) is 6.02. The number of ether oxygens (including phenoxy) is 2. The Bertz CT molecular complexity index is 773. The van der Waals surface area contributed by atoms with E-state index in [0.29, 0.717) is 6.42 Å². The van der Waals surface area contributed by atoms with Crippen molar-refractivity contribution < 1.29 is 24.2 Å². The van der Waals surface area contributed by atoms with Gasteiger partial charge in [-0.25, -0.2) is 0 Å². The number of hydrogen-bond donors (Lipinski definition) is 1. The largest absolute Gasteiger partial charge is 0.462 e. The number of aliphatic hydroxyl groups is 1. The van der Waals surface area contributed by atoms with Crippen LogP contribution in [0.2, 0.25) is 0 Å². The van der Waals surface area contributed by atoms with Crippen molar-refractivity contribution in [3.8, 4) is 0 Å². The minimum Gasteiger partial charge on any atom is -0.462 e. The van der Waals surface area contributed by atoms with E-state index in [1.807, 2.05) is 6.08 Å². The zero-order valence-electron chi connectivity index (χ0n) is 25.3. The van der Waals surface area contributed by atoms with Crippen LogP contribution in [0.1, 0.15) is 117 Å². The highest BCUT2D eigenvalue weighted by Crippen LogP contribution is 2.09. The van der Waals surface area contributed by atoms with Crippen molar-refractivity contribution >= 4 is 11.9 Å². The van der Waals surface area contributed by atoms with Crippen LogP contribution in [0, 0.1) is 0 Å². The highest BCUT2D eigenvalue weighted by atomic mass is 16.6. The summed E-state index contributed by atoms with van der Waals surface area (Å²) in [7, 11) is 0. The van der Waals surface area contributed by atoms with Crippen LogP contribution < -0.4 is 0 Å². The molecule has 0 spiro atoms. The minimum absolute atomic E-state index is 0.114. The number of carbonyl (C=O) groups excluding carboxylic acids is 2. The van der Waals surface area contributed by atoms with Crippen molar-refractivity contribution in [3.05, 3.63) is 72.9 Å². The Labute approximate surface area is 244 Å². The highest BCUT2D eigenvalue weighted by molar-refractivity contribution is 5.71. The number of aliphatic hydroxyl groups excluding tert-OH is 1. The maximum Gasteiger partial charge on any atom is 0.310 e. The molecule has 40 heavy (non-hydrogen) atoms. The summed E-state index contributed by atoms with van der Waals surface area (Å²) >= 11 is 0. The van der Waals surface area contributed by atoms with E-state index in [2.05, 4.69) is 74.6 Å². The van der Waals surface area contributed by atoms with Gasteiger partial charge in [0.25, 0.3) is 0 Å². The Hall–Kier alpha value is -2.66. The van der Waals surface area contributed by atoms with Crippen LogP contribution in [0.25, 0.3) is 0 Å². The molecule has 0 rings (SSSR count). The summed E-state index contributed by atoms with van der Waals surface area (Å²) in [6, 6.07) is 0. The molecular weight excluding hydrogens is 500 g/mol. The first kappa shape index (κ1) is 37.3. The molecule has 0 aromatic carbocycles. The molecule has 0 aliphatic carbocycles. The molecule has 1 unspecified atom stereocenters. The minimum atomic E-state index is -0.829. The first-order valence-electron chi connectivity index (χ1n) is 15.5. The summed E-state index contributed by atoms with van der Waals surface area (Å²) in [5.74, 6) is -0.761. The molecule has 0 bridgehead atoms. The van der Waals surface area contributed by atoms with Gasteiger partial charge < -0.3 is 14.6 Å². The SMILES string of the molecule is CC/C=C\C/C=C\C/C=C\C/C=C\C/C=C\CC(=O)OC(CO)COC(=O)CCCCCCC/C=C\CCCC. The van der Waals surface area contributed by atoms with E-state index in [4.69, 9.17) is 9.47 Å². The standard InChI is InChI=1S/C35H56O5/c1-3-5-7-9-11-13-15-16-17-18-20-22-24-26-28-30-35(38)40-33(31-36)32-39-34(37)29-27-25-23-21-19-14-12-10-8-6-4-2/h5,7,10-13,16-17,20,22,26,28,33,36H,3-4,6,8-9,14-15,18-19,21,23-25,27,29-32H2,1-2H3/b7-5-,12-10-,13-11-,17-16-,22-20-,28-26-. The van der Waals surface area contributed by atoms with Crippen molar-refractivity contribution in [2.75, 3.05) is 13.2 Å². The van der Waals surface area contributed by atoms with E-state index in [9.17, 15) is 14.7 Å². The summed E-state index contributed by atoms with van der Waals surface area (Å²) in [6.07, 6.45) is 39.7. The predicted octanol–water partition coefficient (Wildman–Crippen LogP) is 9.05. The van der Waals surface area contributed by atoms with Crippen molar-refractivity contribution in [1.82, 2.24) is 0 Å². The molecule has 5 nitrogen and oxygen atoms in total. The molecule has 1 N–H and O–H groups in total. The Morgan fingerprint density at radius 1 is 0.625 bits per heavy atom. The second kappa shape index (κ2) is 30.9. The second-order valence-electron chi connectivity index (χ2n) is 9.81. The number of esters is 2. The molecule has 1 atom stereocenters. The lowest BCUT2D eigenvalue weighted by Gasteiger charge is -2.15. The average molecular weight is 557 g/mol. The fourth-order valence-electron chi connectivity index (χ4n) is 3.67. The summed E-state index contributed by atoms with van der Waals surface area (Å²) in [5.41, 5.74) is 0. The average Bonchev–Trinajstić information content (AvgIpc) is 2.96. The molecule has 0 aliphatic rings. The quantitative estimate of drug-likeness (QED) is 0.0653. The molecule has 0 heterocycles. The zero-order valence-corrected chi connectivity index (χ0v) is 25.3. The molecule has 0 fully saturated rings. The lowest BCUT2D eigenvalue weighted by atomic mass is 10.1. The predicted molar refractivity (Wildman–Crippen MR) is 168 cm³/mol. The summed E-state index contributed by atoms with van der Waals surface area (Å²) in [6.45, 7) is 3.85. The zero-order chi connectivity index (χ0) is 29.4. The van der Waals surface area contributed by atoms with Gasteiger partial charge >= 0.3 is 11.9 Å². The molecule has 0 radical (unpaired) electrons.